The van der Waals surface area contributed by atoms with Crippen molar-refractivity contribution in [2.45, 2.75) is 51.3 Å². The Morgan fingerprint density at radius 1 is 0.611 bits per heavy atom. The molecule has 0 N–H and O–H groups in total. The molecule has 1 heterocycles. The maximum absolute atomic E-state index is 13.5. The molecular formula is C33H33NO2. The van der Waals surface area contributed by atoms with Crippen LogP contribution in [-0.4, -0.2) is 16.6 Å². The second kappa shape index (κ2) is 10.0. The Hall–Kier alpha value is -3.85. The molecule has 0 unspecified atom stereocenters. The molecular weight excluding hydrogens is 442 g/mol. The van der Waals surface area contributed by atoms with Crippen LogP contribution in [-0.2, 0) is 4.74 Å². The predicted octanol–water partition coefficient (Wildman–Crippen LogP) is 8.83. The fourth-order valence-corrected chi connectivity index (χ4v) is 5.09. The number of likely N-dealkylation sites (tertiary alicyclic amines) is 1. The van der Waals surface area contributed by atoms with Crippen molar-refractivity contribution in [1.82, 2.24) is 4.90 Å². The Bertz CT molecular complexity index is 1200. The van der Waals surface area contributed by atoms with Crippen LogP contribution in [0.25, 0.3) is 22.3 Å². The molecule has 0 saturated carbocycles. The van der Waals surface area contributed by atoms with Gasteiger partial charge in [-0.3, -0.25) is 4.90 Å². The normalized spacial score (nSPS) is 17.7. The Labute approximate surface area is 214 Å². The maximum atomic E-state index is 13.5. The topological polar surface area (TPSA) is 29.5 Å². The highest BCUT2D eigenvalue weighted by atomic mass is 16.6. The Kier molecular flexibility index (Phi) is 6.65. The molecule has 5 rings (SSSR count). The first kappa shape index (κ1) is 23.9. The molecule has 0 aromatic heterocycles. The number of rotatable bonds is 4. The van der Waals surface area contributed by atoms with Crippen LogP contribution >= 0.6 is 0 Å². The summed E-state index contributed by atoms with van der Waals surface area (Å²) in [6.07, 6.45) is 1.54. The molecule has 3 heteroatoms. The van der Waals surface area contributed by atoms with Crippen LogP contribution in [0.1, 0.15) is 56.8 Å². The number of hydrogen-bond donors (Lipinski definition) is 0. The number of benzene rings is 4. The summed E-state index contributed by atoms with van der Waals surface area (Å²) in [6.45, 7) is 5.77. The molecule has 1 aliphatic heterocycles. The molecule has 1 saturated heterocycles. The van der Waals surface area contributed by atoms with E-state index in [9.17, 15) is 4.79 Å². The summed E-state index contributed by atoms with van der Waals surface area (Å²) in [4.78, 5) is 15.5. The standard InChI is InChI=1S/C33H33NO2/c1-33(2,3)36-32(35)34-30(28-18-14-26(15-19-28)24-10-6-4-7-11-24)22-23-31(34)29-20-16-27(17-21-29)25-12-8-5-9-13-25/h4-21,30-31H,22-23H2,1-3H3/t30-,31-/m1/s1. The van der Waals surface area contributed by atoms with Crippen molar-refractivity contribution < 1.29 is 9.53 Å². The third kappa shape index (κ3) is 5.21. The summed E-state index contributed by atoms with van der Waals surface area (Å²) in [5.41, 5.74) is 6.46. The van der Waals surface area contributed by atoms with Crippen molar-refractivity contribution in [2.24, 2.45) is 0 Å². The average Bonchev–Trinajstić information content (AvgIpc) is 3.34. The zero-order valence-electron chi connectivity index (χ0n) is 21.2. The molecule has 36 heavy (non-hydrogen) atoms. The van der Waals surface area contributed by atoms with Gasteiger partial charge in [-0.1, -0.05) is 109 Å². The number of amides is 1. The lowest BCUT2D eigenvalue weighted by Crippen LogP contribution is -2.38. The van der Waals surface area contributed by atoms with E-state index in [1.54, 1.807) is 0 Å². The lowest BCUT2D eigenvalue weighted by Gasteiger charge is -2.33. The van der Waals surface area contributed by atoms with E-state index in [2.05, 4.69) is 97.1 Å². The Morgan fingerprint density at radius 2 is 0.972 bits per heavy atom. The fourth-order valence-electron chi connectivity index (χ4n) is 5.09. The number of nitrogens with zero attached hydrogens (tertiary/aromatic N) is 1. The van der Waals surface area contributed by atoms with Gasteiger partial charge in [0.1, 0.15) is 5.60 Å². The van der Waals surface area contributed by atoms with Gasteiger partial charge in [0.25, 0.3) is 0 Å². The lowest BCUT2D eigenvalue weighted by atomic mass is 9.99. The first-order chi connectivity index (χ1) is 17.4. The quantitative estimate of drug-likeness (QED) is 0.295. The number of hydrogen-bond acceptors (Lipinski definition) is 2. The highest BCUT2D eigenvalue weighted by molar-refractivity contribution is 5.71. The van der Waals surface area contributed by atoms with Crippen molar-refractivity contribution in [1.29, 1.82) is 0 Å². The third-order valence-electron chi connectivity index (χ3n) is 6.79. The molecule has 2 atom stereocenters. The number of ether oxygens (including phenoxy) is 1. The van der Waals surface area contributed by atoms with Gasteiger partial charge in [-0.05, 0) is 67.0 Å². The van der Waals surface area contributed by atoms with Gasteiger partial charge >= 0.3 is 6.09 Å². The molecule has 182 valence electrons. The van der Waals surface area contributed by atoms with E-state index in [1.807, 2.05) is 37.8 Å². The zero-order valence-corrected chi connectivity index (χ0v) is 21.2. The van der Waals surface area contributed by atoms with Gasteiger partial charge in [-0.15, -0.1) is 0 Å². The van der Waals surface area contributed by atoms with Crippen molar-refractivity contribution in [3.05, 3.63) is 120 Å². The first-order valence-corrected chi connectivity index (χ1v) is 12.7. The Morgan fingerprint density at radius 3 is 1.33 bits per heavy atom. The van der Waals surface area contributed by atoms with E-state index < -0.39 is 5.60 Å². The smallest absolute Gasteiger partial charge is 0.411 e. The molecule has 1 fully saturated rings. The van der Waals surface area contributed by atoms with E-state index in [4.69, 9.17) is 4.74 Å². The highest BCUT2D eigenvalue weighted by Gasteiger charge is 2.40. The largest absolute Gasteiger partial charge is 0.444 e. The van der Waals surface area contributed by atoms with Crippen molar-refractivity contribution in [3.63, 3.8) is 0 Å². The SMILES string of the molecule is CC(C)(C)OC(=O)N1[C@@H](c2ccc(-c3ccccc3)cc2)CC[C@@H]1c1ccc(-c2ccccc2)cc1. The van der Waals surface area contributed by atoms with Crippen LogP contribution in [0.2, 0.25) is 0 Å². The van der Waals surface area contributed by atoms with Gasteiger partial charge in [0.05, 0.1) is 12.1 Å². The fraction of sp³-hybridized carbons (Fsp3) is 0.242. The van der Waals surface area contributed by atoms with Crippen LogP contribution in [0.4, 0.5) is 4.79 Å². The predicted molar refractivity (Wildman–Crippen MR) is 147 cm³/mol. The van der Waals surface area contributed by atoms with Crippen molar-refractivity contribution >= 4 is 6.09 Å². The molecule has 0 bridgehead atoms. The van der Waals surface area contributed by atoms with Crippen molar-refractivity contribution in [2.75, 3.05) is 0 Å². The molecule has 4 aromatic rings. The molecule has 0 radical (unpaired) electrons. The third-order valence-corrected chi connectivity index (χ3v) is 6.79. The van der Waals surface area contributed by atoms with Gasteiger partial charge in [-0.2, -0.15) is 0 Å². The average molecular weight is 476 g/mol. The summed E-state index contributed by atoms with van der Waals surface area (Å²) in [5, 5.41) is 0. The van der Waals surface area contributed by atoms with E-state index >= 15 is 0 Å². The minimum atomic E-state index is -0.552. The Balaban J connectivity index is 1.44. The van der Waals surface area contributed by atoms with Gasteiger partial charge in [-0.25, -0.2) is 4.79 Å². The minimum absolute atomic E-state index is 0.0246. The maximum Gasteiger partial charge on any atom is 0.411 e. The van der Waals surface area contributed by atoms with Gasteiger partial charge in [0, 0.05) is 0 Å². The molecule has 1 amide bonds. The minimum Gasteiger partial charge on any atom is -0.444 e. The zero-order chi connectivity index (χ0) is 25.1. The van der Waals surface area contributed by atoms with E-state index in [-0.39, 0.29) is 18.2 Å². The second-order valence-electron chi connectivity index (χ2n) is 10.5. The monoisotopic (exact) mass is 475 g/mol. The van der Waals surface area contributed by atoms with Gasteiger partial charge in [0.2, 0.25) is 0 Å². The number of carbonyl (C=O) groups excluding carboxylic acids is 1. The molecule has 0 aliphatic carbocycles. The van der Waals surface area contributed by atoms with Crippen LogP contribution in [0.3, 0.4) is 0 Å². The van der Waals surface area contributed by atoms with E-state index in [0.29, 0.717) is 0 Å². The molecule has 1 aliphatic rings. The second-order valence-corrected chi connectivity index (χ2v) is 10.5. The summed E-state index contributed by atoms with van der Waals surface area (Å²) in [7, 11) is 0. The molecule has 3 nitrogen and oxygen atoms in total. The van der Waals surface area contributed by atoms with Crippen LogP contribution in [0.5, 0.6) is 0 Å². The summed E-state index contributed by atoms with van der Waals surface area (Å²) in [6, 6.07) is 37.9. The van der Waals surface area contributed by atoms with E-state index in [1.165, 1.54) is 22.3 Å². The summed E-state index contributed by atoms with van der Waals surface area (Å²) < 4.78 is 5.90. The van der Waals surface area contributed by atoms with Crippen LogP contribution in [0, 0.1) is 0 Å². The first-order valence-electron chi connectivity index (χ1n) is 12.7. The van der Waals surface area contributed by atoms with E-state index in [0.717, 1.165) is 24.0 Å². The van der Waals surface area contributed by atoms with Crippen LogP contribution in [0.15, 0.2) is 109 Å². The van der Waals surface area contributed by atoms with Crippen LogP contribution < -0.4 is 0 Å². The molecule has 0 spiro atoms. The molecule has 4 aromatic carbocycles. The summed E-state index contributed by atoms with van der Waals surface area (Å²) in [5.74, 6) is 0. The van der Waals surface area contributed by atoms with Gasteiger partial charge in [0.15, 0.2) is 0 Å². The number of carbonyl (C=O) groups is 1. The lowest BCUT2D eigenvalue weighted by molar-refractivity contribution is 0.0141. The van der Waals surface area contributed by atoms with Crippen molar-refractivity contribution in [3.8, 4) is 22.3 Å². The summed E-state index contributed by atoms with van der Waals surface area (Å²) >= 11 is 0. The highest BCUT2D eigenvalue weighted by Crippen LogP contribution is 2.45. The van der Waals surface area contributed by atoms with Gasteiger partial charge < -0.3 is 4.74 Å².